The second kappa shape index (κ2) is 9.23. The molecule has 2 rings (SSSR count). The minimum atomic E-state index is -0.443. The first-order valence-electron chi connectivity index (χ1n) is 8.10. The normalized spacial score (nSPS) is 9.89. The third-order valence-corrected chi connectivity index (χ3v) is 3.66. The summed E-state index contributed by atoms with van der Waals surface area (Å²) in [7, 11) is 4.49. The van der Waals surface area contributed by atoms with E-state index in [0.29, 0.717) is 28.3 Å². The summed E-state index contributed by atoms with van der Waals surface area (Å²) >= 11 is 0. The summed E-state index contributed by atoms with van der Waals surface area (Å²) in [4.78, 5) is 36.0. The third-order valence-electron chi connectivity index (χ3n) is 3.66. The fraction of sp³-hybridized carbons (Fsp3) is 0.211. The van der Waals surface area contributed by atoms with Gasteiger partial charge in [-0.15, -0.1) is 0 Å². The van der Waals surface area contributed by atoms with Gasteiger partial charge in [-0.2, -0.15) is 0 Å². The Morgan fingerprint density at radius 1 is 0.889 bits per heavy atom. The zero-order valence-corrected chi connectivity index (χ0v) is 15.3. The average Bonchev–Trinajstić information content (AvgIpc) is 2.70. The lowest BCUT2D eigenvalue weighted by Crippen LogP contribution is -2.33. The van der Waals surface area contributed by atoms with Gasteiger partial charge in [0.05, 0.1) is 20.8 Å². The topological polar surface area (TPSA) is 106 Å². The lowest BCUT2D eigenvalue weighted by Gasteiger charge is -2.10. The number of benzene rings is 2. The quantitative estimate of drug-likeness (QED) is 0.683. The number of carbonyl (C=O) groups excluding carboxylic acids is 3. The maximum absolute atomic E-state index is 12.3. The molecule has 142 valence electrons. The van der Waals surface area contributed by atoms with E-state index in [1.165, 1.54) is 21.3 Å². The molecule has 0 aliphatic rings. The Balaban J connectivity index is 1.97. The van der Waals surface area contributed by atoms with Gasteiger partial charge in [-0.25, -0.2) is 0 Å². The van der Waals surface area contributed by atoms with E-state index in [-0.39, 0.29) is 12.5 Å². The van der Waals surface area contributed by atoms with E-state index in [1.807, 2.05) is 0 Å². The van der Waals surface area contributed by atoms with Crippen LogP contribution in [0.3, 0.4) is 0 Å². The molecule has 2 aromatic rings. The molecule has 0 radical (unpaired) electrons. The van der Waals surface area contributed by atoms with Crippen LogP contribution in [0.2, 0.25) is 0 Å². The van der Waals surface area contributed by atoms with Crippen molar-refractivity contribution in [3.8, 4) is 11.5 Å². The first kappa shape index (κ1) is 19.8. The molecule has 0 fully saturated rings. The molecule has 0 unspecified atom stereocenters. The maximum Gasteiger partial charge on any atom is 0.251 e. The summed E-state index contributed by atoms with van der Waals surface area (Å²) in [6.07, 6.45) is 0. The predicted molar refractivity (Wildman–Crippen MR) is 100 cm³/mol. The number of ether oxygens (including phenoxy) is 2. The van der Waals surface area contributed by atoms with Crippen LogP contribution >= 0.6 is 0 Å². The van der Waals surface area contributed by atoms with Crippen LogP contribution in [0.5, 0.6) is 11.5 Å². The summed E-state index contributed by atoms with van der Waals surface area (Å²) in [6, 6.07) is 11.2. The van der Waals surface area contributed by atoms with Gasteiger partial charge in [-0.05, 0) is 30.3 Å². The van der Waals surface area contributed by atoms with Crippen molar-refractivity contribution >= 4 is 23.4 Å². The lowest BCUT2D eigenvalue weighted by molar-refractivity contribution is -0.115. The molecule has 3 amide bonds. The monoisotopic (exact) mass is 371 g/mol. The summed E-state index contributed by atoms with van der Waals surface area (Å²) in [5, 5.41) is 7.67. The molecule has 0 atom stereocenters. The zero-order valence-electron chi connectivity index (χ0n) is 15.3. The fourth-order valence-electron chi connectivity index (χ4n) is 2.29. The van der Waals surface area contributed by atoms with Crippen LogP contribution in [0.25, 0.3) is 0 Å². The highest BCUT2D eigenvalue weighted by molar-refractivity contribution is 6.00. The Hall–Kier alpha value is -3.55. The molecule has 0 heterocycles. The van der Waals surface area contributed by atoms with Crippen LogP contribution < -0.4 is 25.4 Å². The number of anilines is 1. The molecule has 8 heteroatoms. The van der Waals surface area contributed by atoms with E-state index in [4.69, 9.17) is 9.47 Å². The number of hydrogen-bond donors (Lipinski definition) is 3. The van der Waals surface area contributed by atoms with Crippen molar-refractivity contribution in [2.45, 2.75) is 0 Å². The van der Waals surface area contributed by atoms with Crippen LogP contribution in [0.1, 0.15) is 20.7 Å². The van der Waals surface area contributed by atoms with E-state index >= 15 is 0 Å². The van der Waals surface area contributed by atoms with Gasteiger partial charge in [-0.1, -0.05) is 6.07 Å². The zero-order chi connectivity index (χ0) is 19.8. The molecule has 0 spiro atoms. The Bertz CT molecular complexity index is 829. The van der Waals surface area contributed by atoms with Gasteiger partial charge in [0.25, 0.3) is 11.8 Å². The van der Waals surface area contributed by atoms with Crippen LogP contribution in [0.15, 0.2) is 42.5 Å². The summed E-state index contributed by atoms with van der Waals surface area (Å²) < 4.78 is 10.2. The number of methoxy groups -OCH3 is 2. The van der Waals surface area contributed by atoms with Gasteiger partial charge in [0.2, 0.25) is 5.91 Å². The molecular formula is C19H21N3O5. The molecule has 0 aliphatic carbocycles. The standard InChI is InChI=1S/C19H21N3O5/c1-20-18(24)12-5-4-6-14(7-12)22-17(23)11-21-19(25)13-8-15(26-2)10-16(9-13)27-3/h4-10H,11H2,1-3H3,(H,20,24)(H,21,25)(H,22,23). The number of carbonyl (C=O) groups is 3. The van der Waals surface area contributed by atoms with E-state index in [2.05, 4.69) is 16.0 Å². The number of amides is 3. The van der Waals surface area contributed by atoms with Crippen molar-refractivity contribution in [2.24, 2.45) is 0 Å². The molecular weight excluding hydrogens is 350 g/mol. The summed E-state index contributed by atoms with van der Waals surface area (Å²) in [5.74, 6) is -0.190. The Labute approximate surface area is 156 Å². The highest BCUT2D eigenvalue weighted by Crippen LogP contribution is 2.22. The number of hydrogen-bond acceptors (Lipinski definition) is 5. The number of nitrogens with one attached hydrogen (secondary N) is 3. The lowest BCUT2D eigenvalue weighted by atomic mass is 10.2. The van der Waals surface area contributed by atoms with Gasteiger partial charge < -0.3 is 25.4 Å². The smallest absolute Gasteiger partial charge is 0.251 e. The van der Waals surface area contributed by atoms with Crippen LogP contribution in [-0.4, -0.2) is 45.5 Å². The van der Waals surface area contributed by atoms with Gasteiger partial charge in [0.15, 0.2) is 0 Å². The van der Waals surface area contributed by atoms with E-state index in [9.17, 15) is 14.4 Å². The van der Waals surface area contributed by atoms with E-state index in [1.54, 1.807) is 42.5 Å². The second-order valence-corrected chi connectivity index (χ2v) is 5.49. The molecule has 0 aliphatic heterocycles. The minimum Gasteiger partial charge on any atom is -0.497 e. The molecule has 27 heavy (non-hydrogen) atoms. The van der Waals surface area contributed by atoms with Crippen molar-refractivity contribution in [1.29, 1.82) is 0 Å². The molecule has 0 aromatic heterocycles. The molecule has 8 nitrogen and oxygen atoms in total. The number of rotatable bonds is 7. The van der Waals surface area contributed by atoms with Gasteiger partial charge in [0.1, 0.15) is 11.5 Å². The Kier molecular flexibility index (Phi) is 6.76. The SMILES string of the molecule is CNC(=O)c1cccc(NC(=O)CNC(=O)c2cc(OC)cc(OC)c2)c1. The Morgan fingerprint density at radius 2 is 1.56 bits per heavy atom. The fourth-order valence-corrected chi connectivity index (χ4v) is 2.29. The minimum absolute atomic E-state index is 0.234. The molecule has 0 bridgehead atoms. The maximum atomic E-state index is 12.3. The highest BCUT2D eigenvalue weighted by atomic mass is 16.5. The first-order chi connectivity index (χ1) is 13.0. The molecule has 2 aromatic carbocycles. The predicted octanol–water partition coefficient (Wildman–Crippen LogP) is 1.43. The Morgan fingerprint density at radius 3 is 2.15 bits per heavy atom. The van der Waals surface area contributed by atoms with Gasteiger partial charge in [0, 0.05) is 29.9 Å². The van der Waals surface area contributed by atoms with Crippen LogP contribution in [0.4, 0.5) is 5.69 Å². The van der Waals surface area contributed by atoms with Crippen molar-refractivity contribution < 1.29 is 23.9 Å². The van der Waals surface area contributed by atoms with Crippen molar-refractivity contribution in [1.82, 2.24) is 10.6 Å². The first-order valence-corrected chi connectivity index (χ1v) is 8.10. The largest absolute Gasteiger partial charge is 0.497 e. The van der Waals surface area contributed by atoms with Crippen LogP contribution in [0, 0.1) is 0 Å². The molecule has 0 saturated heterocycles. The van der Waals surface area contributed by atoms with E-state index < -0.39 is 11.8 Å². The van der Waals surface area contributed by atoms with Crippen molar-refractivity contribution in [3.05, 3.63) is 53.6 Å². The van der Waals surface area contributed by atoms with Crippen molar-refractivity contribution in [2.75, 3.05) is 33.1 Å². The van der Waals surface area contributed by atoms with E-state index in [0.717, 1.165) is 0 Å². The van der Waals surface area contributed by atoms with Gasteiger partial charge in [-0.3, -0.25) is 14.4 Å². The van der Waals surface area contributed by atoms with Gasteiger partial charge >= 0.3 is 0 Å². The van der Waals surface area contributed by atoms with Crippen LogP contribution in [-0.2, 0) is 4.79 Å². The molecule has 0 saturated carbocycles. The third kappa shape index (κ3) is 5.46. The second-order valence-electron chi connectivity index (χ2n) is 5.49. The molecule has 3 N–H and O–H groups in total. The average molecular weight is 371 g/mol. The summed E-state index contributed by atoms with van der Waals surface area (Å²) in [6.45, 7) is -0.234. The highest BCUT2D eigenvalue weighted by Gasteiger charge is 2.12. The van der Waals surface area contributed by atoms with Crippen molar-refractivity contribution in [3.63, 3.8) is 0 Å². The summed E-state index contributed by atoms with van der Waals surface area (Å²) in [5.41, 5.74) is 1.18.